The normalized spacial score (nSPS) is 10.0. The molecule has 0 aliphatic carbocycles. The van der Waals surface area contributed by atoms with Crippen molar-refractivity contribution in [3.05, 3.63) is 58.6 Å². The van der Waals surface area contributed by atoms with Gasteiger partial charge in [0.15, 0.2) is 13.2 Å². The van der Waals surface area contributed by atoms with Crippen molar-refractivity contribution in [2.24, 2.45) is 0 Å². The first kappa shape index (κ1) is 18.6. The number of hydrazine groups is 1. The van der Waals surface area contributed by atoms with Crippen LogP contribution in [0.4, 0.5) is 0 Å². The summed E-state index contributed by atoms with van der Waals surface area (Å²) in [7, 11) is 0. The number of benzene rings is 2. The van der Waals surface area contributed by atoms with Crippen LogP contribution in [-0.4, -0.2) is 25.0 Å². The first-order valence-electron chi connectivity index (χ1n) is 7.61. The zero-order valence-electron chi connectivity index (χ0n) is 14.0. The number of rotatable bonds is 6. The second kappa shape index (κ2) is 8.94. The van der Waals surface area contributed by atoms with Crippen molar-refractivity contribution in [2.75, 3.05) is 13.2 Å². The molecule has 2 amide bonds. The molecule has 0 atom stereocenters. The van der Waals surface area contributed by atoms with Gasteiger partial charge in [0.25, 0.3) is 11.8 Å². The number of para-hydroxylation sites is 1. The molecule has 0 radical (unpaired) electrons. The third-order valence-corrected chi connectivity index (χ3v) is 3.83. The number of nitrogens with one attached hydrogen (secondary N) is 2. The lowest BCUT2D eigenvalue weighted by Crippen LogP contribution is -2.45. The number of aryl methyl sites for hydroxylation is 2. The molecule has 2 rings (SSSR count). The van der Waals surface area contributed by atoms with Crippen LogP contribution in [0.25, 0.3) is 0 Å². The van der Waals surface area contributed by atoms with Gasteiger partial charge in [-0.1, -0.05) is 29.8 Å². The standard InChI is InChI=1S/C18H19ClN2O4/c1-12-8-15(9-13(2)18(12)19)25-11-17(23)21-20-16(22)10-24-14-6-4-3-5-7-14/h3-9H,10-11H2,1-2H3,(H,20,22)(H,21,23). The maximum atomic E-state index is 11.7. The van der Waals surface area contributed by atoms with E-state index in [0.717, 1.165) is 11.1 Å². The highest BCUT2D eigenvalue weighted by Gasteiger charge is 2.08. The van der Waals surface area contributed by atoms with Gasteiger partial charge in [-0.15, -0.1) is 0 Å². The highest BCUT2D eigenvalue weighted by molar-refractivity contribution is 6.32. The molecule has 0 aliphatic heterocycles. The number of hydrogen-bond donors (Lipinski definition) is 2. The Hall–Kier alpha value is -2.73. The quantitative estimate of drug-likeness (QED) is 0.774. The van der Waals surface area contributed by atoms with Crippen LogP contribution in [0.15, 0.2) is 42.5 Å². The number of carbonyl (C=O) groups excluding carboxylic acids is 2. The summed E-state index contributed by atoms with van der Waals surface area (Å²) in [5, 5.41) is 0.669. The molecule has 0 saturated carbocycles. The molecule has 0 aromatic heterocycles. The Bertz CT molecular complexity index is 727. The zero-order valence-corrected chi connectivity index (χ0v) is 14.7. The van der Waals surface area contributed by atoms with E-state index >= 15 is 0 Å². The molecule has 2 aromatic carbocycles. The summed E-state index contributed by atoms with van der Waals surface area (Å²) in [6.07, 6.45) is 0. The van der Waals surface area contributed by atoms with Gasteiger partial charge in [-0.25, -0.2) is 0 Å². The van der Waals surface area contributed by atoms with Crippen LogP contribution in [0, 0.1) is 13.8 Å². The van der Waals surface area contributed by atoms with E-state index in [0.29, 0.717) is 16.5 Å². The Morgan fingerprint density at radius 1 is 0.880 bits per heavy atom. The molecule has 7 heteroatoms. The van der Waals surface area contributed by atoms with E-state index in [4.69, 9.17) is 21.1 Å². The monoisotopic (exact) mass is 362 g/mol. The lowest BCUT2D eigenvalue weighted by atomic mass is 10.1. The fourth-order valence-corrected chi connectivity index (χ4v) is 2.12. The molecule has 0 saturated heterocycles. The van der Waals surface area contributed by atoms with Gasteiger partial charge in [-0.2, -0.15) is 0 Å². The van der Waals surface area contributed by atoms with E-state index in [1.165, 1.54) is 0 Å². The van der Waals surface area contributed by atoms with Gasteiger partial charge in [0, 0.05) is 5.02 Å². The van der Waals surface area contributed by atoms with E-state index in [9.17, 15) is 9.59 Å². The molecule has 0 heterocycles. The van der Waals surface area contributed by atoms with Crippen LogP contribution in [0.2, 0.25) is 5.02 Å². The van der Waals surface area contributed by atoms with E-state index in [2.05, 4.69) is 10.9 Å². The number of hydrogen-bond acceptors (Lipinski definition) is 4. The van der Waals surface area contributed by atoms with Crippen molar-refractivity contribution in [1.29, 1.82) is 0 Å². The maximum Gasteiger partial charge on any atom is 0.276 e. The van der Waals surface area contributed by atoms with Crippen LogP contribution >= 0.6 is 11.6 Å². The Balaban J connectivity index is 1.71. The van der Waals surface area contributed by atoms with Crippen molar-refractivity contribution < 1.29 is 19.1 Å². The van der Waals surface area contributed by atoms with Gasteiger partial charge < -0.3 is 9.47 Å². The Kier molecular flexibility index (Phi) is 6.65. The molecule has 0 bridgehead atoms. The zero-order chi connectivity index (χ0) is 18.2. The second-order valence-electron chi connectivity index (χ2n) is 5.36. The fourth-order valence-electron chi connectivity index (χ4n) is 2.02. The molecule has 0 unspecified atom stereocenters. The van der Waals surface area contributed by atoms with Crippen molar-refractivity contribution >= 4 is 23.4 Å². The smallest absolute Gasteiger partial charge is 0.276 e. The molecular weight excluding hydrogens is 344 g/mol. The van der Waals surface area contributed by atoms with Gasteiger partial charge in [0.2, 0.25) is 0 Å². The van der Waals surface area contributed by atoms with Gasteiger partial charge in [-0.05, 0) is 49.2 Å². The third kappa shape index (κ3) is 6.00. The fraction of sp³-hybridized carbons (Fsp3) is 0.222. The lowest BCUT2D eigenvalue weighted by molar-refractivity contribution is -0.131. The van der Waals surface area contributed by atoms with Crippen LogP contribution in [0.3, 0.4) is 0 Å². The molecule has 0 fully saturated rings. The summed E-state index contributed by atoms with van der Waals surface area (Å²) in [5.74, 6) is 0.141. The van der Waals surface area contributed by atoms with E-state index in [1.54, 1.807) is 36.4 Å². The number of ether oxygens (including phenoxy) is 2. The third-order valence-electron chi connectivity index (χ3n) is 3.23. The van der Waals surface area contributed by atoms with Crippen molar-refractivity contribution in [3.8, 4) is 11.5 Å². The minimum Gasteiger partial charge on any atom is -0.484 e. The van der Waals surface area contributed by atoms with E-state index < -0.39 is 11.8 Å². The summed E-state index contributed by atoms with van der Waals surface area (Å²) in [5.41, 5.74) is 6.24. The minimum atomic E-state index is -0.488. The molecule has 132 valence electrons. The topological polar surface area (TPSA) is 76.7 Å². The summed E-state index contributed by atoms with van der Waals surface area (Å²) < 4.78 is 10.7. The van der Waals surface area contributed by atoms with E-state index in [1.807, 2.05) is 19.9 Å². The van der Waals surface area contributed by atoms with Gasteiger partial charge in [0.1, 0.15) is 11.5 Å². The number of amides is 2. The molecule has 0 spiro atoms. The first-order chi connectivity index (χ1) is 12.0. The number of carbonyl (C=O) groups is 2. The highest BCUT2D eigenvalue weighted by atomic mass is 35.5. The summed E-state index contributed by atoms with van der Waals surface area (Å²) >= 11 is 6.08. The minimum absolute atomic E-state index is 0.208. The first-order valence-corrected chi connectivity index (χ1v) is 7.98. The summed E-state index contributed by atoms with van der Waals surface area (Å²) in [4.78, 5) is 23.3. The number of halogens is 1. The average molecular weight is 363 g/mol. The van der Waals surface area contributed by atoms with Crippen molar-refractivity contribution in [2.45, 2.75) is 13.8 Å². The predicted octanol–water partition coefficient (Wildman–Crippen LogP) is 2.56. The molecule has 25 heavy (non-hydrogen) atoms. The Labute approximate surface area is 151 Å². The molecule has 0 aliphatic rings. The Morgan fingerprint density at radius 2 is 1.36 bits per heavy atom. The van der Waals surface area contributed by atoms with Crippen molar-refractivity contribution in [3.63, 3.8) is 0 Å². The van der Waals surface area contributed by atoms with Crippen LogP contribution in [0.5, 0.6) is 11.5 Å². The lowest BCUT2D eigenvalue weighted by Gasteiger charge is -2.11. The largest absolute Gasteiger partial charge is 0.484 e. The average Bonchev–Trinajstić information content (AvgIpc) is 2.61. The highest BCUT2D eigenvalue weighted by Crippen LogP contribution is 2.25. The van der Waals surface area contributed by atoms with Gasteiger partial charge in [-0.3, -0.25) is 20.4 Å². The SMILES string of the molecule is Cc1cc(OCC(=O)NNC(=O)COc2ccccc2)cc(C)c1Cl. The van der Waals surface area contributed by atoms with Crippen molar-refractivity contribution in [1.82, 2.24) is 10.9 Å². The Morgan fingerprint density at radius 3 is 1.88 bits per heavy atom. The predicted molar refractivity (Wildman–Crippen MR) is 94.6 cm³/mol. The van der Waals surface area contributed by atoms with E-state index in [-0.39, 0.29) is 13.2 Å². The summed E-state index contributed by atoms with van der Waals surface area (Å²) in [6, 6.07) is 12.4. The molecule has 6 nitrogen and oxygen atoms in total. The van der Waals surface area contributed by atoms with Gasteiger partial charge in [0.05, 0.1) is 0 Å². The molecule has 2 aromatic rings. The van der Waals surface area contributed by atoms with Crippen LogP contribution in [0.1, 0.15) is 11.1 Å². The van der Waals surface area contributed by atoms with Crippen LogP contribution < -0.4 is 20.3 Å². The van der Waals surface area contributed by atoms with Gasteiger partial charge >= 0.3 is 0 Å². The maximum absolute atomic E-state index is 11.7. The molecular formula is C18H19ClN2O4. The summed E-state index contributed by atoms with van der Waals surface area (Å²) in [6.45, 7) is 3.27. The molecule has 2 N–H and O–H groups in total. The van der Waals surface area contributed by atoms with Crippen LogP contribution in [-0.2, 0) is 9.59 Å². The second-order valence-corrected chi connectivity index (χ2v) is 5.74.